The highest BCUT2D eigenvalue weighted by atomic mass is 16.6. The topological polar surface area (TPSA) is 59.6 Å². The van der Waals surface area contributed by atoms with E-state index in [0.717, 1.165) is 26.0 Å². The number of alkyl carbamates (subject to hydrolysis) is 1. The summed E-state index contributed by atoms with van der Waals surface area (Å²) in [7, 11) is 0. The summed E-state index contributed by atoms with van der Waals surface area (Å²) < 4.78 is 10.6. The second-order valence-corrected chi connectivity index (χ2v) is 6.17. The summed E-state index contributed by atoms with van der Waals surface area (Å²) in [6, 6.07) is 0.530. The molecule has 0 aromatic carbocycles. The minimum atomic E-state index is -0.449. The van der Waals surface area contributed by atoms with Crippen molar-refractivity contribution in [3.8, 4) is 0 Å². The Balaban J connectivity index is 2.06. The molecule has 1 aliphatic rings. The minimum absolute atomic E-state index is 0.346. The van der Waals surface area contributed by atoms with Crippen molar-refractivity contribution in [1.29, 1.82) is 0 Å². The Morgan fingerprint density at radius 2 is 2.05 bits per heavy atom. The summed E-state index contributed by atoms with van der Waals surface area (Å²) in [5.74, 6) is 0. The molecule has 1 fully saturated rings. The fourth-order valence-electron chi connectivity index (χ4n) is 2.04. The van der Waals surface area contributed by atoms with Crippen molar-refractivity contribution in [2.75, 3.05) is 19.7 Å². The van der Waals surface area contributed by atoms with E-state index >= 15 is 0 Å². The van der Waals surface area contributed by atoms with Gasteiger partial charge < -0.3 is 20.1 Å². The van der Waals surface area contributed by atoms with Gasteiger partial charge in [0.25, 0.3) is 0 Å². The van der Waals surface area contributed by atoms with Crippen molar-refractivity contribution in [3.63, 3.8) is 0 Å². The number of rotatable bonds is 5. The summed E-state index contributed by atoms with van der Waals surface area (Å²) in [6.45, 7) is 9.79. The molecule has 2 N–H and O–H groups in total. The Bertz CT molecular complexity index is 324. The standard InChI is InChI=1S/C15H28N2O3/c1-12-11-13(7-10-19-12)16-8-5-6-9-17-14(18)20-15(2,3)4/h5-6,12-13,16H,7-11H2,1-4H3,(H,17,18)/b6-5+. The lowest BCUT2D eigenvalue weighted by atomic mass is 10.0. The maximum absolute atomic E-state index is 11.4. The zero-order valence-electron chi connectivity index (χ0n) is 13.1. The van der Waals surface area contributed by atoms with E-state index in [1.165, 1.54) is 0 Å². The van der Waals surface area contributed by atoms with Crippen LogP contribution in [0.15, 0.2) is 12.2 Å². The Morgan fingerprint density at radius 3 is 2.70 bits per heavy atom. The summed E-state index contributed by atoms with van der Waals surface area (Å²) in [4.78, 5) is 11.4. The molecule has 5 nitrogen and oxygen atoms in total. The molecule has 116 valence electrons. The van der Waals surface area contributed by atoms with Crippen molar-refractivity contribution in [3.05, 3.63) is 12.2 Å². The molecule has 1 amide bonds. The molecule has 0 aromatic rings. The zero-order chi connectivity index (χ0) is 15.0. The van der Waals surface area contributed by atoms with E-state index in [9.17, 15) is 4.79 Å². The van der Waals surface area contributed by atoms with Crippen LogP contribution in [0.4, 0.5) is 4.79 Å². The van der Waals surface area contributed by atoms with Crippen LogP contribution in [0.1, 0.15) is 40.5 Å². The van der Waals surface area contributed by atoms with E-state index in [2.05, 4.69) is 17.6 Å². The number of ether oxygens (including phenoxy) is 2. The first-order chi connectivity index (χ1) is 9.37. The van der Waals surface area contributed by atoms with Gasteiger partial charge in [-0.3, -0.25) is 0 Å². The van der Waals surface area contributed by atoms with E-state index < -0.39 is 5.60 Å². The van der Waals surface area contributed by atoms with Crippen LogP contribution in [-0.4, -0.2) is 43.5 Å². The predicted octanol–water partition coefficient (Wildman–Crippen LogP) is 2.22. The second kappa shape index (κ2) is 8.27. The second-order valence-electron chi connectivity index (χ2n) is 6.17. The lowest BCUT2D eigenvalue weighted by Gasteiger charge is -2.27. The maximum Gasteiger partial charge on any atom is 0.407 e. The average molecular weight is 284 g/mol. The van der Waals surface area contributed by atoms with Crippen LogP contribution in [0.3, 0.4) is 0 Å². The first-order valence-corrected chi connectivity index (χ1v) is 7.33. The van der Waals surface area contributed by atoms with Crippen molar-refractivity contribution in [2.24, 2.45) is 0 Å². The molecule has 0 spiro atoms. The summed E-state index contributed by atoms with van der Waals surface area (Å²) in [5.41, 5.74) is -0.449. The number of nitrogens with one attached hydrogen (secondary N) is 2. The highest BCUT2D eigenvalue weighted by Gasteiger charge is 2.18. The Morgan fingerprint density at radius 1 is 1.35 bits per heavy atom. The predicted molar refractivity (Wildman–Crippen MR) is 79.8 cm³/mol. The van der Waals surface area contributed by atoms with Crippen LogP contribution in [-0.2, 0) is 9.47 Å². The van der Waals surface area contributed by atoms with E-state index in [1.807, 2.05) is 32.9 Å². The molecule has 2 unspecified atom stereocenters. The van der Waals surface area contributed by atoms with Gasteiger partial charge >= 0.3 is 6.09 Å². The Hall–Kier alpha value is -1.07. The first kappa shape index (κ1) is 17.0. The maximum atomic E-state index is 11.4. The van der Waals surface area contributed by atoms with Crippen molar-refractivity contribution < 1.29 is 14.3 Å². The van der Waals surface area contributed by atoms with Crippen LogP contribution < -0.4 is 10.6 Å². The molecule has 1 rings (SSSR count). The molecular weight excluding hydrogens is 256 g/mol. The highest BCUT2D eigenvalue weighted by molar-refractivity contribution is 5.67. The number of amides is 1. The summed E-state index contributed by atoms with van der Waals surface area (Å²) in [5, 5.41) is 6.16. The smallest absolute Gasteiger partial charge is 0.407 e. The van der Waals surface area contributed by atoms with Gasteiger partial charge in [-0.2, -0.15) is 0 Å². The van der Waals surface area contributed by atoms with Gasteiger partial charge in [-0.15, -0.1) is 0 Å². The first-order valence-electron chi connectivity index (χ1n) is 7.33. The van der Waals surface area contributed by atoms with E-state index in [1.54, 1.807) is 0 Å². The average Bonchev–Trinajstić information content (AvgIpc) is 2.31. The van der Waals surface area contributed by atoms with Crippen LogP contribution >= 0.6 is 0 Å². The van der Waals surface area contributed by atoms with Gasteiger partial charge in [-0.1, -0.05) is 12.2 Å². The molecule has 5 heteroatoms. The van der Waals surface area contributed by atoms with Gasteiger partial charge in [0.1, 0.15) is 5.60 Å². The molecule has 20 heavy (non-hydrogen) atoms. The Labute approximate surface area is 122 Å². The van der Waals surface area contributed by atoms with Gasteiger partial charge in [-0.25, -0.2) is 4.79 Å². The fourth-order valence-corrected chi connectivity index (χ4v) is 2.04. The molecule has 2 atom stereocenters. The molecule has 1 saturated heterocycles. The Kier molecular flexibility index (Phi) is 7.02. The van der Waals surface area contributed by atoms with E-state index in [4.69, 9.17) is 9.47 Å². The van der Waals surface area contributed by atoms with E-state index in [-0.39, 0.29) is 6.09 Å². The summed E-state index contributed by atoms with van der Waals surface area (Å²) in [6.07, 6.45) is 6.04. The SMILES string of the molecule is CC1CC(NC/C=C/CNC(=O)OC(C)(C)C)CCO1. The van der Waals surface area contributed by atoms with Crippen molar-refractivity contribution in [1.82, 2.24) is 10.6 Å². The third-order valence-electron chi connectivity index (χ3n) is 2.94. The molecule has 0 radical (unpaired) electrons. The zero-order valence-corrected chi connectivity index (χ0v) is 13.1. The van der Waals surface area contributed by atoms with Crippen molar-refractivity contribution >= 4 is 6.09 Å². The van der Waals surface area contributed by atoms with Crippen LogP contribution in [0.25, 0.3) is 0 Å². The fraction of sp³-hybridized carbons (Fsp3) is 0.800. The molecule has 0 bridgehead atoms. The highest BCUT2D eigenvalue weighted by Crippen LogP contribution is 2.12. The quantitative estimate of drug-likeness (QED) is 0.760. The third kappa shape index (κ3) is 8.17. The van der Waals surface area contributed by atoms with Crippen molar-refractivity contribution in [2.45, 2.75) is 58.3 Å². The number of hydrogen-bond acceptors (Lipinski definition) is 4. The molecular formula is C15H28N2O3. The van der Waals surface area contributed by atoms with Crippen LogP contribution in [0, 0.1) is 0 Å². The van der Waals surface area contributed by atoms with Gasteiger partial charge in [0, 0.05) is 25.7 Å². The van der Waals surface area contributed by atoms with Gasteiger partial charge in [0.15, 0.2) is 0 Å². The molecule has 0 saturated carbocycles. The lowest BCUT2D eigenvalue weighted by molar-refractivity contribution is 0.0140. The molecule has 1 aliphatic heterocycles. The molecule has 0 aliphatic carbocycles. The lowest BCUT2D eigenvalue weighted by Crippen LogP contribution is -2.38. The van der Waals surface area contributed by atoms with Gasteiger partial charge in [-0.05, 0) is 40.5 Å². The molecule has 0 aromatic heterocycles. The number of hydrogen-bond donors (Lipinski definition) is 2. The third-order valence-corrected chi connectivity index (χ3v) is 2.94. The normalized spacial score (nSPS) is 23.8. The number of carbonyl (C=O) groups excluding carboxylic acids is 1. The van der Waals surface area contributed by atoms with Crippen LogP contribution in [0.2, 0.25) is 0 Å². The number of carbonyl (C=O) groups is 1. The summed E-state index contributed by atoms with van der Waals surface area (Å²) >= 11 is 0. The van der Waals surface area contributed by atoms with Gasteiger partial charge in [0.2, 0.25) is 0 Å². The van der Waals surface area contributed by atoms with Crippen LogP contribution in [0.5, 0.6) is 0 Å². The minimum Gasteiger partial charge on any atom is -0.444 e. The largest absolute Gasteiger partial charge is 0.444 e. The molecule has 1 heterocycles. The van der Waals surface area contributed by atoms with Gasteiger partial charge in [0.05, 0.1) is 6.10 Å². The van der Waals surface area contributed by atoms with E-state index in [0.29, 0.717) is 18.7 Å². The monoisotopic (exact) mass is 284 g/mol.